The fourth-order valence-electron chi connectivity index (χ4n) is 3.70. The molecular formula is C16H22N4O2S2. The van der Waals surface area contributed by atoms with E-state index in [1.165, 1.54) is 17.0 Å². The first-order valence-electron chi connectivity index (χ1n) is 8.66. The molecule has 3 aliphatic rings. The molecule has 1 aromatic heterocycles. The van der Waals surface area contributed by atoms with Crippen LogP contribution in [0.5, 0.6) is 0 Å². The van der Waals surface area contributed by atoms with Gasteiger partial charge in [0, 0.05) is 22.3 Å². The molecule has 3 heterocycles. The molecule has 3 amide bonds. The molecule has 6 nitrogen and oxygen atoms in total. The fraction of sp³-hybridized carbons (Fsp3) is 0.688. The van der Waals surface area contributed by atoms with E-state index >= 15 is 0 Å². The number of hydrogen-bond donors (Lipinski definition) is 3. The van der Waals surface area contributed by atoms with Crippen LogP contribution in [0, 0.1) is 0 Å². The Labute approximate surface area is 149 Å². The third-order valence-electron chi connectivity index (χ3n) is 4.92. The Morgan fingerprint density at radius 1 is 1.29 bits per heavy atom. The first-order chi connectivity index (χ1) is 11.7. The van der Waals surface area contributed by atoms with Crippen LogP contribution in [0.25, 0.3) is 0 Å². The van der Waals surface area contributed by atoms with E-state index in [0.29, 0.717) is 11.7 Å². The predicted molar refractivity (Wildman–Crippen MR) is 96.7 cm³/mol. The van der Waals surface area contributed by atoms with Crippen LogP contribution in [-0.2, 0) is 17.6 Å². The van der Waals surface area contributed by atoms with E-state index < -0.39 is 0 Å². The van der Waals surface area contributed by atoms with Crippen molar-refractivity contribution in [1.82, 2.24) is 15.6 Å². The number of urea groups is 1. The highest BCUT2D eigenvalue weighted by Crippen LogP contribution is 2.33. The molecule has 24 heavy (non-hydrogen) atoms. The van der Waals surface area contributed by atoms with Gasteiger partial charge < -0.3 is 16.0 Å². The largest absolute Gasteiger partial charge is 0.332 e. The van der Waals surface area contributed by atoms with Crippen LogP contribution in [-0.4, -0.2) is 40.0 Å². The van der Waals surface area contributed by atoms with Gasteiger partial charge in [-0.25, -0.2) is 9.78 Å². The highest BCUT2D eigenvalue weighted by atomic mass is 32.2. The molecule has 0 saturated carbocycles. The van der Waals surface area contributed by atoms with Crippen molar-refractivity contribution < 1.29 is 9.59 Å². The SMILES string of the molecule is O=C(CCCC[C@@H]1SC[C@H]2NC(=O)N[C@H]12)Nc1nc2c(s1)CCC2. The maximum absolute atomic E-state index is 12.0. The molecule has 1 aromatic rings. The summed E-state index contributed by atoms with van der Waals surface area (Å²) in [5, 5.41) is 10.1. The van der Waals surface area contributed by atoms with Gasteiger partial charge in [0.25, 0.3) is 0 Å². The zero-order valence-electron chi connectivity index (χ0n) is 13.5. The van der Waals surface area contributed by atoms with Crippen molar-refractivity contribution in [3.8, 4) is 0 Å². The van der Waals surface area contributed by atoms with Crippen molar-refractivity contribution in [2.45, 2.75) is 62.3 Å². The lowest BCUT2D eigenvalue weighted by atomic mass is 10.0. The highest BCUT2D eigenvalue weighted by Gasteiger charge is 2.42. The van der Waals surface area contributed by atoms with Crippen LogP contribution >= 0.6 is 23.1 Å². The van der Waals surface area contributed by atoms with Crippen molar-refractivity contribution in [3.63, 3.8) is 0 Å². The lowest BCUT2D eigenvalue weighted by Gasteiger charge is -2.16. The van der Waals surface area contributed by atoms with E-state index in [9.17, 15) is 9.59 Å². The number of aryl methyl sites for hydroxylation is 2. The third kappa shape index (κ3) is 3.39. The maximum Gasteiger partial charge on any atom is 0.315 e. The summed E-state index contributed by atoms with van der Waals surface area (Å²) in [5.74, 6) is 1.05. The van der Waals surface area contributed by atoms with Gasteiger partial charge in [0.15, 0.2) is 5.13 Å². The predicted octanol–water partition coefficient (Wildman–Crippen LogP) is 2.30. The molecule has 4 rings (SSSR count). The number of thiazole rings is 1. The van der Waals surface area contributed by atoms with E-state index in [0.717, 1.165) is 43.0 Å². The second-order valence-electron chi connectivity index (χ2n) is 6.66. The lowest BCUT2D eigenvalue weighted by Crippen LogP contribution is -2.36. The van der Waals surface area contributed by atoms with Gasteiger partial charge in [0.05, 0.1) is 17.8 Å². The van der Waals surface area contributed by atoms with Gasteiger partial charge in [-0.1, -0.05) is 6.42 Å². The van der Waals surface area contributed by atoms with Gasteiger partial charge in [0.1, 0.15) is 0 Å². The molecule has 2 aliphatic heterocycles. The van der Waals surface area contributed by atoms with Gasteiger partial charge in [-0.3, -0.25) is 4.79 Å². The molecule has 0 bridgehead atoms. The van der Waals surface area contributed by atoms with Crippen LogP contribution < -0.4 is 16.0 Å². The van der Waals surface area contributed by atoms with Crippen LogP contribution in [0.1, 0.15) is 42.7 Å². The molecule has 8 heteroatoms. The van der Waals surface area contributed by atoms with Gasteiger partial charge in [-0.15, -0.1) is 11.3 Å². The fourth-order valence-corrected chi connectivity index (χ4v) is 6.31. The van der Waals surface area contributed by atoms with Crippen molar-refractivity contribution in [2.75, 3.05) is 11.1 Å². The Bertz CT molecular complexity index is 627. The van der Waals surface area contributed by atoms with E-state index in [1.54, 1.807) is 11.3 Å². The number of unbranched alkanes of at least 4 members (excludes halogenated alkanes) is 1. The van der Waals surface area contributed by atoms with Gasteiger partial charge in [-0.2, -0.15) is 11.8 Å². The number of fused-ring (bicyclic) bond motifs is 2. The van der Waals surface area contributed by atoms with Crippen molar-refractivity contribution in [1.29, 1.82) is 0 Å². The first-order valence-corrected chi connectivity index (χ1v) is 10.5. The summed E-state index contributed by atoms with van der Waals surface area (Å²) >= 11 is 3.55. The number of aromatic nitrogens is 1. The molecule has 130 valence electrons. The minimum absolute atomic E-state index is 0.0370. The number of thioether (sulfide) groups is 1. The van der Waals surface area contributed by atoms with Crippen LogP contribution in [0.2, 0.25) is 0 Å². The van der Waals surface area contributed by atoms with Gasteiger partial charge >= 0.3 is 6.03 Å². The highest BCUT2D eigenvalue weighted by molar-refractivity contribution is 8.00. The minimum Gasteiger partial charge on any atom is -0.332 e. The minimum atomic E-state index is -0.0370. The summed E-state index contributed by atoms with van der Waals surface area (Å²) in [6.07, 6.45) is 6.83. The monoisotopic (exact) mass is 366 g/mol. The second kappa shape index (κ2) is 6.92. The number of rotatable bonds is 6. The number of nitrogens with one attached hydrogen (secondary N) is 3. The Morgan fingerprint density at radius 2 is 2.21 bits per heavy atom. The Balaban J connectivity index is 1.16. The van der Waals surface area contributed by atoms with E-state index in [2.05, 4.69) is 20.9 Å². The van der Waals surface area contributed by atoms with Crippen molar-refractivity contribution >= 4 is 40.2 Å². The zero-order valence-corrected chi connectivity index (χ0v) is 15.1. The van der Waals surface area contributed by atoms with E-state index in [-0.39, 0.29) is 24.0 Å². The molecule has 0 radical (unpaired) electrons. The van der Waals surface area contributed by atoms with Crippen LogP contribution in [0.4, 0.5) is 9.93 Å². The number of hydrogen-bond acceptors (Lipinski definition) is 5. The standard InChI is InChI=1S/C16H22N4O2S2/c21-13(19-16-18-9-4-3-6-11(9)24-16)7-2-1-5-12-14-10(8-23-12)17-15(22)20-14/h10,12,14H,1-8H2,(H2,17,20,22)(H,18,19,21)/t10-,12+,14+/m1/s1. The number of carbonyl (C=O) groups is 2. The molecule has 3 atom stereocenters. The van der Waals surface area contributed by atoms with Crippen LogP contribution in [0.15, 0.2) is 0 Å². The summed E-state index contributed by atoms with van der Waals surface area (Å²) in [5.41, 5.74) is 1.18. The number of anilines is 1. The smallest absolute Gasteiger partial charge is 0.315 e. The molecule has 0 spiro atoms. The normalized spacial score (nSPS) is 27.5. The summed E-state index contributed by atoms with van der Waals surface area (Å²) in [4.78, 5) is 29.2. The summed E-state index contributed by atoms with van der Waals surface area (Å²) in [6, 6.07) is 0.502. The number of carbonyl (C=O) groups excluding carboxylic acids is 2. The molecule has 0 unspecified atom stereocenters. The Hall–Kier alpha value is -1.28. The summed E-state index contributed by atoms with van der Waals surface area (Å²) in [6.45, 7) is 0. The lowest BCUT2D eigenvalue weighted by molar-refractivity contribution is -0.116. The number of nitrogens with zero attached hydrogens (tertiary/aromatic N) is 1. The summed E-state index contributed by atoms with van der Waals surface area (Å²) < 4.78 is 0. The topological polar surface area (TPSA) is 83.1 Å². The average molecular weight is 367 g/mol. The second-order valence-corrected chi connectivity index (χ2v) is 9.01. The molecular weight excluding hydrogens is 344 g/mol. The van der Waals surface area contributed by atoms with Crippen LogP contribution in [0.3, 0.4) is 0 Å². The van der Waals surface area contributed by atoms with E-state index in [4.69, 9.17) is 0 Å². The van der Waals surface area contributed by atoms with Gasteiger partial charge in [0.2, 0.25) is 5.91 Å². The van der Waals surface area contributed by atoms with Gasteiger partial charge in [-0.05, 0) is 32.1 Å². The number of amides is 3. The third-order valence-corrected chi connectivity index (χ3v) is 7.50. The van der Waals surface area contributed by atoms with Crippen molar-refractivity contribution in [2.24, 2.45) is 0 Å². The first kappa shape index (κ1) is 16.2. The molecule has 2 saturated heterocycles. The molecule has 3 N–H and O–H groups in total. The van der Waals surface area contributed by atoms with E-state index in [1.807, 2.05) is 11.8 Å². The molecule has 1 aliphatic carbocycles. The maximum atomic E-state index is 12.0. The Kier molecular flexibility index (Phi) is 4.67. The molecule has 2 fully saturated rings. The van der Waals surface area contributed by atoms with Crippen molar-refractivity contribution in [3.05, 3.63) is 10.6 Å². The average Bonchev–Trinajstić information content (AvgIpc) is 3.25. The zero-order chi connectivity index (χ0) is 16.5. The quantitative estimate of drug-likeness (QED) is 0.533. The summed E-state index contributed by atoms with van der Waals surface area (Å²) in [7, 11) is 0. The molecule has 0 aromatic carbocycles. The Morgan fingerprint density at radius 3 is 3.08 bits per heavy atom.